The molecule has 0 saturated carbocycles. The van der Waals surface area contributed by atoms with E-state index in [1.54, 1.807) is 12.1 Å². The molecule has 2 rings (SSSR count). The van der Waals surface area contributed by atoms with E-state index < -0.39 is 10.0 Å². The first-order valence-electron chi connectivity index (χ1n) is 9.44. The summed E-state index contributed by atoms with van der Waals surface area (Å²) in [5.41, 5.74) is 4.78. The SMILES string of the molecule is Cc1ccc([C@H](C)NC(=O)CN(c2ccccc2C(C)C)S(C)(=O)=O)cc1C. The van der Waals surface area contributed by atoms with Crippen molar-refractivity contribution in [2.75, 3.05) is 17.1 Å². The number of hydrogen-bond donors (Lipinski definition) is 1. The van der Waals surface area contributed by atoms with E-state index in [1.165, 1.54) is 9.87 Å². The largest absolute Gasteiger partial charge is 0.348 e. The Morgan fingerprint density at radius 3 is 2.25 bits per heavy atom. The summed E-state index contributed by atoms with van der Waals surface area (Å²) in [6.07, 6.45) is 1.13. The van der Waals surface area contributed by atoms with Gasteiger partial charge >= 0.3 is 0 Å². The Bertz CT molecular complexity index is 952. The number of amides is 1. The molecule has 0 heterocycles. The lowest BCUT2D eigenvalue weighted by atomic mass is 10.0. The number of hydrogen-bond acceptors (Lipinski definition) is 3. The lowest BCUT2D eigenvalue weighted by molar-refractivity contribution is -0.120. The van der Waals surface area contributed by atoms with Crippen molar-refractivity contribution in [2.24, 2.45) is 0 Å². The summed E-state index contributed by atoms with van der Waals surface area (Å²) >= 11 is 0. The average molecular weight is 403 g/mol. The molecule has 28 heavy (non-hydrogen) atoms. The zero-order valence-electron chi connectivity index (χ0n) is 17.5. The maximum absolute atomic E-state index is 12.7. The lowest BCUT2D eigenvalue weighted by Crippen LogP contribution is -2.41. The van der Waals surface area contributed by atoms with Gasteiger partial charge in [0.25, 0.3) is 0 Å². The van der Waals surface area contributed by atoms with Crippen LogP contribution in [0, 0.1) is 13.8 Å². The minimum atomic E-state index is -3.61. The molecule has 0 aliphatic rings. The van der Waals surface area contributed by atoms with Gasteiger partial charge < -0.3 is 5.32 Å². The van der Waals surface area contributed by atoms with Crippen LogP contribution in [0.15, 0.2) is 42.5 Å². The van der Waals surface area contributed by atoms with Crippen LogP contribution in [-0.4, -0.2) is 27.1 Å². The summed E-state index contributed by atoms with van der Waals surface area (Å²) in [7, 11) is -3.61. The van der Waals surface area contributed by atoms with Gasteiger partial charge in [0.05, 0.1) is 18.0 Å². The molecule has 0 aliphatic heterocycles. The number of carbonyl (C=O) groups is 1. The van der Waals surface area contributed by atoms with Gasteiger partial charge in [0.1, 0.15) is 6.54 Å². The summed E-state index contributed by atoms with van der Waals surface area (Å²) in [5.74, 6) is -0.201. The number of nitrogens with one attached hydrogen (secondary N) is 1. The van der Waals surface area contributed by atoms with E-state index in [1.807, 2.05) is 65.0 Å². The predicted octanol–water partition coefficient (Wildman–Crippen LogP) is 4.07. The van der Waals surface area contributed by atoms with Crippen molar-refractivity contribution >= 4 is 21.6 Å². The molecule has 1 amide bonds. The molecule has 6 heteroatoms. The second-order valence-electron chi connectivity index (χ2n) is 7.62. The van der Waals surface area contributed by atoms with E-state index in [0.29, 0.717) is 5.69 Å². The quantitative estimate of drug-likeness (QED) is 0.759. The monoisotopic (exact) mass is 402 g/mol. The molecule has 0 aliphatic carbocycles. The summed E-state index contributed by atoms with van der Waals surface area (Å²) < 4.78 is 26.0. The molecule has 1 atom stereocenters. The van der Waals surface area contributed by atoms with Crippen molar-refractivity contribution in [1.29, 1.82) is 0 Å². The predicted molar refractivity (Wildman–Crippen MR) is 115 cm³/mol. The van der Waals surface area contributed by atoms with Gasteiger partial charge in [-0.1, -0.05) is 50.2 Å². The molecule has 0 spiro atoms. The number of para-hydroxylation sites is 1. The van der Waals surface area contributed by atoms with Crippen molar-refractivity contribution in [3.05, 3.63) is 64.7 Å². The fourth-order valence-corrected chi connectivity index (χ4v) is 3.99. The van der Waals surface area contributed by atoms with Crippen LogP contribution in [0.2, 0.25) is 0 Å². The Labute approximate surface area is 168 Å². The normalized spacial score (nSPS) is 12.7. The maximum Gasteiger partial charge on any atom is 0.241 e. The van der Waals surface area contributed by atoms with Crippen molar-refractivity contribution in [3.63, 3.8) is 0 Å². The van der Waals surface area contributed by atoms with E-state index in [2.05, 4.69) is 5.32 Å². The summed E-state index contributed by atoms with van der Waals surface area (Å²) in [6, 6.07) is 13.1. The van der Waals surface area contributed by atoms with E-state index in [-0.39, 0.29) is 24.4 Å². The van der Waals surface area contributed by atoms with Crippen LogP contribution in [0.5, 0.6) is 0 Å². The second kappa shape index (κ2) is 8.78. The second-order valence-corrected chi connectivity index (χ2v) is 9.52. The van der Waals surface area contributed by atoms with E-state index in [9.17, 15) is 13.2 Å². The zero-order chi connectivity index (χ0) is 21.1. The first-order valence-corrected chi connectivity index (χ1v) is 11.3. The molecule has 2 aromatic carbocycles. The molecular weight excluding hydrogens is 372 g/mol. The van der Waals surface area contributed by atoms with Crippen molar-refractivity contribution < 1.29 is 13.2 Å². The molecular formula is C22H30N2O3S. The molecule has 2 aromatic rings. The third kappa shape index (κ3) is 5.35. The van der Waals surface area contributed by atoms with E-state index >= 15 is 0 Å². The summed E-state index contributed by atoms with van der Waals surface area (Å²) in [4.78, 5) is 12.7. The number of carbonyl (C=O) groups excluding carboxylic acids is 1. The van der Waals surface area contributed by atoms with Gasteiger partial charge in [0.2, 0.25) is 15.9 Å². The van der Waals surface area contributed by atoms with E-state index in [0.717, 1.165) is 22.9 Å². The highest BCUT2D eigenvalue weighted by Gasteiger charge is 2.24. The van der Waals surface area contributed by atoms with Gasteiger partial charge in [-0.05, 0) is 55.0 Å². The molecule has 0 aromatic heterocycles. The molecule has 0 fully saturated rings. The molecule has 0 bridgehead atoms. The first kappa shape index (κ1) is 22.0. The van der Waals surface area contributed by atoms with Crippen LogP contribution in [0.25, 0.3) is 0 Å². The highest BCUT2D eigenvalue weighted by Crippen LogP contribution is 2.29. The maximum atomic E-state index is 12.7. The van der Waals surface area contributed by atoms with Crippen LogP contribution in [0.3, 0.4) is 0 Å². The zero-order valence-corrected chi connectivity index (χ0v) is 18.3. The fourth-order valence-electron chi connectivity index (χ4n) is 3.12. The Hall–Kier alpha value is -2.34. The number of sulfonamides is 1. The van der Waals surface area contributed by atoms with Crippen LogP contribution >= 0.6 is 0 Å². The van der Waals surface area contributed by atoms with Crippen molar-refractivity contribution in [2.45, 2.75) is 46.6 Å². The Morgan fingerprint density at radius 2 is 1.68 bits per heavy atom. The van der Waals surface area contributed by atoms with Crippen molar-refractivity contribution in [1.82, 2.24) is 5.32 Å². The number of rotatable bonds is 7. The summed E-state index contributed by atoms with van der Waals surface area (Å²) in [6.45, 7) is 9.72. The van der Waals surface area contributed by atoms with Crippen LogP contribution in [0.4, 0.5) is 5.69 Å². The first-order chi connectivity index (χ1) is 13.0. The van der Waals surface area contributed by atoms with Crippen LogP contribution in [0.1, 0.15) is 55.0 Å². The van der Waals surface area contributed by atoms with Gasteiger partial charge in [-0.3, -0.25) is 9.10 Å². The molecule has 0 saturated heterocycles. The lowest BCUT2D eigenvalue weighted by Gasteiger charge is -2.26. The Morgan fingerprint density at radius 1 is 1.04 bits per heavy atom. The van der Waals surface area contributed by atoms with Gasteiger partial charge in [0.15, 0.2) is 0 Å². The number of aryl methyl sites for hydroxylation is 2. The van der Waals surface area contributed by atoms with Gasteiger partial charge in [-0.25, -0.2) is 8.42 Å². The molecule has 0 radical (unpaired) electrons. The highest BCUT2D eigenvalue weighted by molar-refractivity contribution is 7.92. The van der Waals surface area contributed by atoms with Gasteiger partial charge in [-0.2, -0.15) is 0 Å². The highest BCUT2D eigenvalue weighted by atomic mass is 32.2. The third-order valence-electron chi connectivity index (χ3n) is 4.92. The third-order valence-corrected chi connectivity index (χ3v) is 6.05. The van der Waals surface area contributed by atoms with E-state index in [4.69, 9.17) is 0 Å². The molecule has 152 valence electrons. The Balaban J connectivity index is 2.24. The summed E-state index contributed by atoms with van der Waals surface area (Å²) in [5, 5.41) is 2.92. The van der Waals surface area contributed by atoms with Crippen LogP contribution < -0.4 is 9.62 Å². The minimum absolute atomic E-state index is 0.137. The fraction of sp³-hybridized carbons (Fsp3) is 0.409. The average Bonchev–Trinajstić information content (AvgIpc) is 2.61. The molecule has 0 unspecified atom stereocenters. The molecule has 1 N–H and O–H groups in total. The number of anilines is 1. The standard InChI is InChI=1S/C22H30N2O3S/c1-15(2)20-9-7-8-10-21(20)24(28(6,26)27)14-22(25)23-18(5)19-12-11-16(3)17(4)13-19/h7-13,15,18H,14H2,1-6H3,(H,23,25)/t18-/m0/s1. The Kier molecular flexibility index (Phi) is 6.88. The topological polar surface area (TPSA) is 66.5 Å². The number of benzene rings is 2. The van der Waals surface area contributed by atoms with Gasteiger partial charge in [0, 0.05) is 0 Å². The number of nitrogens with zero attached hydrogens (tertiary/aromatic N) is 1. The minimum Gasteiger partial charge on any atom is -0.348 e. The van der Waals surface area contributed by atoms with Crippen LogP contribution in [-0.2, 0) is 14.8 Å². The van der Waals surface area contributed by atoms with Crippen molar-refractivity contribution in [3.8, 4) is 0 Å². The smallest absolute Gasteiger partial charge is 0.241 e. The van der Waals surface area contributed by atoms with Gasteiger partial charge in [-0.15, -0.1) is 0 Å². The molecule has 5 nitrogen and oxygen atoms in total.